The topological polar surface area (TPSA) is 99.5 Å². The second kappa shape index (κ2) is 10.1. The number of esters is 1. The second-order valence-corrected chi connectivity index (χ2v) is 8.94. The number of nitrogens with one attached hydrogen (secondary N) is 1. The molecule has 0 radical (unpaired) electrons. The van der Waals surface area contributed by atoms with Crippen LogP contribution in [-0.4, -0.2) is 34.9 Å². The van der Waals surface area contributed by atoms with E-state index in [9.17, 15) is 14.4 Å². The molecule has 35 heavy (non-hydrogen) atoms. The van der Waals surface area contributed by atoms with Gasteiger partial charge in [-0.15, -0.1) is 11.3 Å². The smallest absolute Gasteiger partial charge is 0.359 e. The van der Waals surface area contributed by atoms with Crippen molar-refractivity contribution >= 4 is 39.0 Å². The molecule has 0 spiro atoms. The molecule has 2 aromatic heterocycles. The summed E-state index contributed by atoms with van der Waals surface area (Å²) >= 11 is 1.14. The lowest BCUT2D eigenvalue weighted by atomic mass is 10.1. The molecule has 1 N–H and O–H groups in total. The fourth-order valence-electron chi connectivity index (χ4n) is 3.47. The van der Waals surface area contributed by atoms with E-state index in [1.807, 2.05) is 45.0 Å². The highest BCUT2D eigenvalue weighted by Crippen LogP contribution is 2.31. The van der Waals surface area contributed by atoms with E-state index >= 15 is 0 Å². The molecule has 0 saturated carbocycles. The Kier molecular flexibility index (Phi) is 6.97. The number of benzene rings is 2. The monoisotopic (exact) mass is 491 g/mol. The predicted octanol–water partition coefficient (Wildman–Crippen LogP) is 4.57. The van der Waals surface area contributed by atoms with Crippen LogP contribution in [0.1, 0.15) is 34.1 Å². The highest BCUT2D eigenvalue weighted by Gasteiger charge is 2.23. The largest absolute Gasteiger partial charge is 0.484 e. The van der Waals surface area contributed by atoms with Gasteiger partial charge in [-0.25, -0.2) is 4.79 Å². The summed E-state index contributed by atoms with van der Waals surface area (Å²) in [7, 11) is 0. The predicted molar refractivity (Wildman–Crippen MR) is 136 cm³/mol. The zero-order valence-electron chi connectivity index (χ0n) is 19.9. The van der Waals surface area contributed by atoms with Gasteiger partial charge in [0.15, 0.2) is 12.3 Å². The average Bonchev–Trinajstić information content (AvgIpc) is 3.25. The maximum absolute atomic E-state index is 13.5. The van der Waals surface area contributed by atoms with Gasteiger partial charge in [0, 0.05) is 10.8 Å². The summed E-state index contributed by atoms with van der Waals surface area (Å²) in [5.74, 6) is -0.512. The number of nitrogens with zero attached hydrogens (tertiary/aromatic N) is 2. The Morgan fingerprint density at radius 2 is 1.80 bits per heavy atom. The zero-order valence-corrected chi connectivity index (χ0v) is 20.7. The van der Waals surface area contributed by atoms with E-state index in [1.165, 1.54) is 4.68 Å². The van der Waals surface area contributed by atoms with Crippen molar-refractivity contribution in [2.45, 2.75) is 27.7 Å². The van der Waals surface area contributed by atoms with Crippen LogP contribution in [0, 0.1) is 20.8 Å². The number of carbonyl (C=O) groups is 2. The first kappa shape index (κ1) is 24.2. The van der Waals surface area contributed by atoms with E-state index in [1.54, 1.807) is 30.5 Å². The lowest BCUT2D eigenvalue weighted by Gasteiger charge is -2.11. The first-order valence-electron chi connectivity index (χ1n) is 11.1. The summed E-state index contributed by atoms with van der Waals surface area (Å²) in [6, 6.07) is 12.8. The minimum absolute atomic E-state index is 0.00679. The number of hydrogen-bond donors (Lipinski definition) is 1. The molecule has 2 heterocycles. The lowest BCUT2D eigenvalue weighted by molar-refractivity contribution is -0.118. The first-order valence-corrected chi connectivity index (χ1v) is 11.9. The summed E-state index contributed by atoms with van der Waals surface area (Å²) in [5, 5.41) is 9.53. The van der Waals surface area contributed by atoms with Gasteiger partial charge in [0.05, 0.1) is 17.7 Å². The van der Waals surface area contributed by atoms with E-state index in [0.717, 1.165) is 28.0 Å². The van der Waals surface area contributed by atoms with E-state index in [-0.39, 0.29) is 24.3 Å². The third-order valence-corrected chi connectivity index (χ3v) is 6.40. The van der Waals surface area contributed by atoms with E-state index in [0.29, 0.717) is 21.8 Å². The van der Waals surface area contributed by atoms with Crippen molar-refractivity contribution in [2.75, 3.05) is 18.5 Å². The van der Waals surface area contributed by atoms with Gasteiger partial charge in [-0.3, -0.25) is 9.59 Å². The second-order valence-electron chi connectivity index (χ2n) is 8.06. The number of anilines is 1. The summed E-state index contributed by atoms with van der Waals surface area (Å²) in [4.78, 5) is 38.8. The van der Waals surface area contributed by atoms with Crippen molar-refractivity contribution in [2.24, 2.45) is 0 Å². The number of carbonyl (C=O) groups excluding carboxylic acids is 2. The van der Waals surface area contributed by atoms with Crippen LogP contribution in [0.5, 0.6) is 5.75 Å². The van der Waals surface area contributed by atoms with Crippen molar-refractivity contribution in [1.82, 2.24) is 9.78 Å². The maximum Gasteiger partial charge on any atom is 0.359 e. The first-order chi connectivity index (χ1) is 16.8. The van der Waals surface area contributed by atoms with Crippen molar-refractivity contribution in [3.8, 4) is 11.4 Å². The van der Waals surface area contributed by atoms with Gasteiger partial charge in [-0.1, -0.05) is 23.8 Å². The number of ether oxygens (including phenoxy) is 2. The Morgan fingerprint density at radius 3 is 2.49 bits per heavy atom. The minimum atomic E-state index is -0.645. The lowest BCUT2D eigenvalue weighted by Crippen LogP contribution is -2.26. The quantitative estimate of drug-likeness (QED) is 0.380. The molecule has 0 fully saturated rings. The van der Waals surface area contributed by atoms with Crippen molar-refractivity contribution in [3.05, 3.63) is 80.6 Å². The summed E-state index contributed by atoms with van der Waals surface area (Å²) in [6.45, 7) is 7.48. The van der Waals surface area contributed by atoms with Crippen molar-refractivity contribution in [1.29, 1.82) is 0 Å². The van der Waals surface area contributed by atoms with Crippen LogP contribution in [0.15, 0.2) is 52.6 Å². The maximum atomic E-state index is 13.5. The van der Waals surface area contributed by atoms with Gasteiger partial charge in [-0.05, 0) is 63.1 Å². The number of rotatable bonds is 7. The molecule has 0 bridgehead atoms. The third kappa shape index (κ3) is 5.09. The van der Waals surface area contributed by atoms with Gasteiger partial charge in [0.2, 0.25) is 0 Å². The third-order valence-electron chi connectivity index (χ3n) is 5.50. The van der Waals surface area contributed by atoms with Crippen LogP contribution in [0.2, 0.25) is 0 Å². The number of fused-ring (bicyclic) bond motifs is 1. The van der Waals surface area contributed by atoms with Crippen molar-refractivity contribution in [3.63, 3.8) is 0 Å². The number of thiophene rings is 1. The Balaban J connectivity index is 1.73. The molecular weight excluding hydrogens is 466 g/mol. The SMILES string of the molecule is CCOC(=O)c1nn(-c2ccc(C)c(C)c2)c(=O)c2c(NC(=O)COc3ccc(C)cc3)scc12. The molecule has 0 atom stereocenters. The van der Waals surface area contributed by atoms with Crippen LogP contribution in [0.4, 0.5) is 5.00 Å². The van der Waals surface area contributed by atoms with E-state index in [2.05, 4.69) is 10.4 Å². The fourth-order valence-corrected chi connectivity index (χ4v) is 4.42. The number of amides is 1. The van der Waals surface area contributed by atoms with E-state index < -0.39 is 17.4 Å². The normalized spacial score (nSPS) is 10.9. The van der Waals surface area contributed by atoms with Crippen LogP contribution in [-0.2, 0) is 9.53 Å². The molecule has 0 aliphatic carbocycles. The van der Waals surface area contributed by atoms with Crippen molar-refractivity contribution < 1.29 is 19.1 Å². The Hall–Kier alpha value is -3.98. The number of hydrogen-bond acceptors (Lipinski definition) is 7. The summed E-state index contributed by atoms with van der Waals surface area (Å²) in [5.41, 5.74) is 3.18. The molecule has 2 aromatic carbocycles. The molecule has 0 aliphatic heterocycles. The number of aromatic nitrogens is 2. The summed E-state index contributed by atoms with van der Waals surface area (Å²) in [6.07, 6.45) is 0. The van der Waals surface area contributed by atoms with Crippen LogP contribution < -0.4 is 15.6 Å². The van der Waals surface area contributed by atoms with Crippen LogP contribution >= 0.6 is 11.3 Å². The highest BCUT2D eigenvalue weighted by molar-refractivity contribution is 7.16. The van der Waals surface area contributed by atoms with Gasteiger partial charge >= 0.3 is 5.97 Å². The number of aryl methyl sites for hydroxylation is 3. The fraction of sp³-hybridized carbons (Fsp3) is 0.231. The Morgan fingerprint density at radius 1 is 1.06 bits per heavy atom. The molecule has 0 unspecified atom stereocenters. The van der Waals surface area contributed by atoms with Crippen LogP contribution in [0.3, 0.4) is 0 Å². The molecule has 180 valence electrons. The van der Waals surface area contributed by atoms with Gasteiger partial charge in [0.25, 0.3) is 11.5 Å². The Labute approximate surface area is 206 Å². The zero-order chi connectivity index (χ0) is 25.1. The standard InChI is InChI=1S/C26H25N3O5S/c1-5-33-26(32)23-20-14-35-24(27-21(30)13-34-19-10-6-15(2)7-11-19)22(20)25(31)29(28-23)18-9-8-16(3)17(4)12-18/h6-12,14H,5,13H2,1-4H3,(H,27,30). The molecule has 8 nitrogen and oxygen atoms in total. The van der Waals surface area contributed by atoms with E-state index in [4.69, 9.17) is 9.47 Å². The highest BCUT2D eigenvalue weighted by atomic mass is 32.1. The van der Waals surface area contributed by atoms with Gasteiger partial charge in [0.1, 0.15) is 10.8 Å². The average molecular weight is 492 g/mol. The molecule has 0 saturated heterocycles. The molecule has 1 amide bonds. The molecule has 4 aromatic rings. The summed E-state index contributed by atoms with van der Waals surface area (Å²) < 4.78 is 11.9. The molecule has 4 rings (SSSR count). The molecule has 0 aliphatic rings. The van der Waals surface area contributed by atoms with Gasteiger partial charge in [-0.2, -0.15) is 9.78 Å². The van der Waals surface area contributed by atoms with Gasteiger partial charge < -0.3 is 14.8 Å². The minimum Gasteiger partial charge on any atom is -0.484 e. The molecule has 9 heteroatoms. The van der Waals surface area contributed by atoms with Crippen LogP contribution in [0.25, 0.3) is 16.5 Å². The Bertz CT molecular complexity index is 1470. The molecular formula is C26H25N3O5S.